The highest BCUT2D eigenvalue weighted by Crippen LogP contribution is 2.21. The summed E-state index contributed by atoms with van der Waals surface area (Å²) in [7, 11) is 0. The van der Waals surface area contributed by atoms with Crippen LogP contribution < -0.4 is 11.1 Å². The highest BCUT2D eigenvalue weighted by Gasteiger charge is 2.10. The van der Waals surface area contributed by atoms with Crippen molar-refractivity contribution in [1.82, 2.24) is 10.2 Å². The quantitative estimate of drug-likeness (QED) is 0.707. The Morgan fingerprint density at radius 1 is 1.56 bits per heavy atom. The number of aromatic nitrogens is 2. The maximum Gasteiger partial charge on any atom is 0.241 e. The number of amides is 1. The van der Waals surface area contributed by atoms with E-state index in [0.717, 1.165) is 22.2 Å². The Balaban J connectivity index is 2.36. The summed E-state index contributed by atoms with van der Waals surface area (Å²) in [6, 6.07) is 3.31. The van der Waals surface area contributed by atoms with Crippen LogP contribution >= 0.6 is 0 Å². The van der Waals surface area contributed by atoms with Gasteiger partial charge in [0.2, 0.25) is 5.91 Å². The largest absolute Gasteiger partial charge is 0.324 e. The molecular weight excluding hydrogens is 204 g/mol. The number of nitrogens with two attached hydrogens (primary N) is 1. The summed E-state index contributed by atoms with van der Waals surface area (Å²) in [6.45, 7) is 3.59. The van der Waals surface area contributed by atoms with Crippen LogP contribution in [-0.2, 0) is 4.79 Å². The number of rotatable bonds is 2. The Kier molecular flexibility index (Phi) is 2.62. The van der Waals surface area contributed by atoms with Crippen molar-refractivity contribution in [2.24, 2.45) is 5.73 Å². The van der Waals surface area contributed by atoms with E-state index in [-0.39, 0.29) is 5.91 Å². The number of hydrogen-bond acceptors (Lipinski definition) is 3. The van der Waals surface area contributed by atoms with Gasteiger partial charge in [0.1, 0.15) is 0 Å². The van der Waals surface area contributed by atoms with E-state index < -0.39 is 6.04 Å². The zero-order valence-electron chi connectivity index (χ0n) is 9.24. The van der Waals surface area contributed by atoms with E-state index in [0.29, 0.717) is 0 Å². The Bertz CT molecular complexity index is 530. The van der Waals surface area contributed by atoms with E-state index in [4.69, 9.17) is 5.73 Å². The van der Waals surface area contributed by atoms with Gasteiger partial charge in [-0.05, 0) is 31.5 Å². The molecule has 0 aliphatic carbocycles. The average Bonchev–Trinajstić information content (AvgIpc) is 2.65. The van der Waals surface area contributed by atoms with Crippen molar-refractivity contribution in [3.8, 4) is 0 Å². The van der Waals surface area contributed by atoms with Crippen LogP contribution in [-0.4, -0.2) is 22.1 Å². The lowest BCUT2D eigenvalue weighted by Gasteiger charge is -2.10. The molecule has 4 N–H and O–H groups in total. The second kappa shape index (κ2) is 3.94. The van der Waals surface area contributed by atoms with E-state index in [2.05, 4.69) is 15.5 Å². The molecule has 1 aromatic carbocycles. The summed E-state index contributed by atoms with van der Waals surface area (Å²) < 4.78 is 0. The maximum atomic E-state index is 11.5. The zero-order valence-corrected chi connectivity index (χ0v) is 9.24. The average molecular weight is 218 g/mol. The Morgan fingerprint density at radius 3 is 3.00 bits per heavy atom. The SMILES string of the molecule is Cc1cc2cn[nH]c2cc1NC(=O)[C@H](C)N. The number of H-pyrrole nitrogens is 1. The predicted octanol–water partition coefficient (Wildman–Crippen LogP) is 1.16. The van der Waals surface area contributed by atoms with Gasteiger partial charge in [-0.3, -0.25) is 9.89 Å². The molecule has 0 saturated carbocycles. The van der Waals surface area contributed by atoms with Crippen LogP contribution in [0.25, 0.3) is 10.9 Å². The summed E-state index contributed by atoms with van der Waals surface area (Å²) in [5.74, 6) is -0.193. The monoisotopic (exact) mass is 218 g/mol. The summed E-state index contributed by atoms with van der Waals surface area (Å²) in [5, 5.41) is 10.6. The standard InChI is InChI=1S/C11H14N4O/c1-6-3-8-5-13-15-10(8)4-9(6)14-11(16)7(2)12/h3-5,7H,12H2,1-2H3,(H,13,15)(H,14,16)/t7-/m0/s1. The normalized spacial score (nSPS) is 12.7. The predicted molar refractivity (Wildman–Crippen MR) is 63.1 cm³/mol. The number of benzene rings is 1. The number of aryl methyl sites for hydroxylation is 1. The fourth-order valence-electron chi connectivity index (χ4n) is 1.49. The van der Waals surface area contributed by atoms with E-state index in [9.17, 15) is 4.79 Å². The molecule has 0 bridgehead atoms. The number of hydrogen-bond donors (Lipinski definition) is 3. The van der Waals surface area contributed by atoms with Crippen molar-refractivity contribution in [3.05, 3.63) is 23.9 Å². The topological polar surface area (TPSA) is 83.8 Å². The van der Waals surface area contributed by atoms with Gasteiger partial charge in [0.15, 0.2) is 0 Å². The molecule has 2 rings (SSSR count). The second-order valence-electron chi connectivity index (χ2n) is 3.90. The first-order valence-corrected chi connectivity index (χ1v) is 5.08. The lowest BCUT2D eigenvalue weighted by atomic mass is 10.1. The van der Waals surface area contributed by atoms with E-state index in [1.807, 2.05) is 19.1 Å². The number of anilines is 1. The molecule has 1 heterocycles. The van der Waals surface area contributed by atoms with Crippen molar-refractivity contribution in [3.63, 3.8) is 0 Å². The lowest BCUT2D eigenvalue weighted by molar-refractivity contribution is -0.117. The minimum absolute atomic E-state index is 0.193. The molecule has 5 nitrogen and oxygen atoms in total. The number of nitrogens with one attached hydrogen (secondary N) is 2. The molecule has 1 atom stereocenters. The second-order valence-corrected chi connectivity index (χ2v) is 3.90. The molecule has 0 aliphatic heterocycles. The third-order valence-electron chi connectivity index (χ3n) is 2.46. The van der Waals surface area contributed by atoms with Gasteiger partial charge in [0.25, 0.3) is 0 Å². The number of carbonyl (C=O) groups is 1. The lowest BCUT2D eigenvalue weighted by Crippen LogP contribution is -2.32. The Morgan fingerprint density at radius 2 is 2.31 bits per heavy atom. The van der Waals surface area contributed by atoms with Gasteiger partial charge in [0, 0.05) is 11.1 Å². The molecule has 5 heteroatoms. The summed E-state index contributed by atoms with van der Waals surface area (Å²) in [4.78, 5) is 11.5. The van der Waals surface area contributed by atoms with Crippen LogP contribution in [0.15, 0.2) is 18.3 Å². The highest BCUT2D eigenvalue weighted by molar-refractivity contribution is 5.97. The van der Waals surface area contributed by atoms with E-state index in [1.54, 1.807) is 13.1 Å². The molecule has 0 unspecified atom stereocenters. The third kappa shape index (κ3) is 1.90. The van der Waals surface area contributed by atoms with Crippen molar-refractivity contribution < 1.29 is 4.79 Å². The molecule has 0 radical (unpaired) electrons. The molecule has 0 aliphatic rings. The van der Waals surface area contributed by atoms with Crippen molar-refractivity contribution in [2.75, 3.05) is 5.32 Å². The Hall–Kier alpha value is -1.88. The van der Waals surface area contributed by atoms with Gasteiger partial charge in [0.05, 0.1) is 17.8 Å². The van der Waals surface area contributed by atoms with Crippen LogP contribution in [0.1, 0.15) is 12.5 Å². The molecule has 2 aromatic rings. The molecule has 0 spiro atoms. The van der Waals surface area contributed by atoms with Crippen molar-refractivity contribution >= 4 is 22.5 Å². The molecule has 1 amide bonds. The third-order valence-corrected chi connectivity index (χ3v) is 2.46. The summed E-state index contributed by atoms with van der Waals surface area (Å²) in [6.07, 6.45) is 1.75. The van der Waals surface area contributed by atoms with Gasteiger partial charge >= 0.3 is 0 Å². The van der Waals surface area contributed by atoms with Crippen LogP contribution in [0, 0.1) is 6.92 Å². The van der Waals surface area contributed by atoms with Gasteiger partial charge in [-0.2, -0.15) is 5.10 Å². The zero-order chi connectivity index (χ0) is 11.7. The highest BCUT2D eigenvalue weighted by atomic mass is 16.2. The first-order chi connectivity index (χ1) is 7.58. The number of nitrogens with zero attached hydrogens (tertiary/aromatic N) is 1. The van der Waals surface area contributed by atoms with Crippen molar-refractivity contribution in [2.45, 2.75) is 19.9 Å². The first-order valence-electron chi connectivity index (χ1n) is 5.08. The minimum atomic E-state index is -0.517. The van der Waals surface area contributed by atoms with Crippen LogP contribution in [0.4, 0.5) is 5.69 Å². The molecule has 84 valence electrons. The number of aromatic amines is 1. The van der Waals surface area contributed by atoms with Gasteiger partial charge in [-0.1, -0.05) is 0 Å². The van der Waals surface area contributed by atoms with Crippen LogP contribution in [0.5, 0.6) is 0 Å². The van der Waals surface area contributed by atoms with E-state index in [1.165, 1.54) is 0 Å². The summed E-state index contributed by atoms with van der Waals surface area (Å²) >= 11 is 0. The first kappa shape index (κ1) is 10.6. The fraction of sp³-hybridized carbons (Fsp3) is 0.273. The van der Waals surface area contributed by atoms with Gasteiger partial charge < -0.3 is 11.1 Å². The molecule has 16 heavy (non-hydrogen) atoms. The maximum absolute atomic E-state index is 11.5. The van der Waals surface area contributed by atoms with Crippen LogP contribution in [0.2, 0.25) is 0 Å². The molecule has 0 saturated heterocycles. The number of fused-ring (bicyclic) bond motifs is 1. The van der Waals surface area contributed by atoms with Crippen LogP contribution in [0.3, 0.4) is 0 Å². The molecular formula is C11H14N4O. The number of carbonyl (C=O) groups excluding carboxylic acids is 1. The molecule has 0 fully saturated rings. The molecule has 1 aromatic heterocycles. The smallest absolute Gasteiger partial charge is 0.241 e. The summed E-state index contributed by atoms with van der Waals surface area (Å²) in [5.41, 5.74) is 8.14. The fourth-order valence-corrected chi connectivity index (χ4v) is 1.49. The van der Waals surface area contributed by atoms with Gasteiger partial charge in [-0.15, -0.1) is 0 Å². The van der Waals surface area contributed by atoms with E-state index >= 15 is 0 Å². The minimum Gasteiger partial charge on any atom is -0.324 e. The van der Waals surface area contributed by atoms with Crippen molar-refractivity contribution in [1.29, 1.82) is 0 Å². The van der Waals surface area contributed by atoms with Gasteiger partial charge in [-0.25, -0.2) is 0 Å². The Labute approximate surface area is 93.0 Å².